The van der Waals surface area contributed by atoms with Crippen molar-refractivity contribution in [2.24, 2.45) is 5.73 Å². The van der Waals surface area contributed by atoms with Crippen LogP contribution in [0.2, 0.25) is 0 Å². The first-order chi connectivity index (χ1) is 14.0. The summed E-state index contributed by atoms with van der Waals surface area (Å²) < 4.78 is 25.1. The first-order valence-electron chi connectivity index (χ1n) is 8.77. The number of halogens is 2. The largest absolute Gasteiger partial charge is 0.488 e. The van der Waals surface area contributed by atoms with E-state index in [1.807, 2.05) is 25.1 Å². The van der Waals surface area contributed by atoms with Gasteiger partial charge in [0.1, 0.15) is 29.8 Å². The van der Waals surface area contributed by atoms with Gasteiger partial charge in [0.05, 0.1) is 10.4 Å². The van der Waals surface area contributed by atoms with E-state index in [0.717, 1.165) is 26.9 Å². The number of ether oxygens (including phenoxy) is 2. The van der Waals surface area contributed by atoms with Crippen LogP contribution in [-0.2, 0) is 6.61 Å². The molecule has 0 fully saturated rings. The van der Waals surface area contributed by atoms with Crippen LogP contribution in [0.4, 0.5) is 4.39 Å². The lowest BCUT2D eigenvalue weighted by Gasteiger charge is -2.24. The van der Waals surface area contributed by atoms with Gasteiger partial charge in [-0.1, -0.05) is 18.2 Å². The summed E-state index contributed by atoms with van der Waals surface area (Å²) >= 11 is 3.54. The number of rotatable bonds is 4. The summed E-state index contributed by atoms with van der Waals surface area (Å²) in [5.74, 6) is 0.362. The van der Waals surface area contributed by atoms with E-state index < -0.39 is 5.92 Å². The molecule has 2 aromatic carbocycles. The van der Waals surface area contributed by atoms with Gasteiger partial charge in [-0.2, -0.15) is 5.26 Å². The van der Waals surface area contributed by atoms with Crippen molar-refractivity contribution in [2.45, 2.75) is 19.4 Å². The van der Waals surface area contributed by atoms with Crippen LogP contribution in [0.25, 0.3) is 0 Å². The number of benzene rings is 2. The second-order valence-corrected chi connectivity index (χ2v) is 7.45. The highest BCUT2D eigenvalue weighted by Gasteiger charge is 2.34. The zero-order valence-corrected chi connectivity index (χ0v) is 17.0. The molecule has 0 bridgehead atoms. The highest BCUT2D eigenvalue weighted by atomic mass is 79.9. The monoisotopic (exact) mass is 454 g/mol. The Morgan fingerprint density at radius 3 is 2.76 bits per heavy atom. The van der Waals surface area contributed by atoms with Gasteiger partial charge in [-0.25, -0.2) is 4.39 Å². The zero-order valence-electron chi connectivity index (χ0n) is 15.4. The smallest absolute Gasteiger partial charge is 0.244 e. The van der Waals surface area contributed by atoms with Crippen molar-refractivity contribution in [3.8, 4) is 17.7 Å². The number of nitrogens with zero attached hydrogens (tertiary/aromatic N) is 2. The van der Waals surface area contributed by atoms with Gasteiger partial charge in [0.2, 0.25) is 11.8 Å². The Balaban J connectivity index is 1.64. The van der Waals surface area contributed by atoms with E-state index in [-0.39, 0.29) is 11.7 Å². The van der Waals surface area contributed by atoms with E-state index in [2.05, 4.69) is 32.2 Å². The van der Waals surface area contributed by atoms with Crippen molar-refractivity contribution in [3.05, 3.63) is 86.6 Å². The van der Waals surface area contributed by atoms with E-state index in [1.165, 1.54) is 12.1 Å². The number of hydrogen-bond acceptors (Lipinski definition) is 5. The fourth-order valence-corrected chi connectivity index (χ4v) is 3.80. The number of aryl methyl sites for hydroxylation is 1. The third kappa shape index (κ3) is 3.57. The van der Waals surface area contributed by atoms with Crippen LogP contribution in [-0.4, -0.2) is 10.2 Å². The molecule has 0 spiro atoms. The van der Waals surface area contributed by atoms with Crippen molar-refractivity contribution in [3.63, 3.8) is 0 Å². The molecule has 0 saturated carbocycles. The number of nitrogens with one attached hydrogen (secondary N) is 1. The fourth-order valence-electron chi connectivity index (χ4n) is 3.29. The van der Waals surface area contributed by atoms with Gasteiger partial charge in [-0.15, -0.1) is 5.10 Å². The van der Waals surface area contributed by atoms with E-state index in [0.29, 0.717) is 23.8 Å². The van der Waals surface area contributed by atoms with E-state index in [4.69, 9.17) is 15.2 Å². The summed E-state index contributed by atoms with van der Waals surface area (Å²) in [6.07, 6.45) is 0. The van der Waals surface area contributed by atoms with E-state index in [1.54, 1.807) is 12.1 Å². The van der Waals surface area contributed by atoms with Crippen LogP contribution in [0.15, 0.2) is 58.4 Å². The molecule has 1 aliphatic rings. The van der Waals surface area contributed by atoms with E-state index >= 15 is 0 Å². The quantitative estimate of drug-likeness (QED) is 0.607. The maximum Gasteiger partial charge on any atom is 0.244 e. The zero-order chi connectivity index (χ0) is 20.5. The Bertz CT molecular complexity index is 1150. The standard InChI is InChI=1S/C21H16BrFN4O2/c1-11-18-19(15(9-24)20(25)29-21(18)27-26-11)13-4-7-17(16(22)8-13)28-10-12-2-5-14(23)6-3-12/h2-8,19H,10,25H2,1H3,(H,26,27)/t19-/m0/s1. The number of fused-ring (bicyclic) bond motifs is 1. The molecule has 0 aliphatic carbocycles. The summed E-state index contributed by atoms with van der Waals surface area (Å²) in [7, 11) is 0. The molecule has 1 aromatic heterocycles. The number of nitriles is 1. The van der Waals surface area contributed by atoms with Crippen molar-refractivity contribution in [1.82, 2.24) is 10.2 Å². The molecule has 3 N–H and O–H groups in total. The Hall–Kier alpha value is -3.31. The normalized spacial score (nSPS) is 15.4. The first kappa shape index (κ1) is 19.0. The Labute approximate surface area is 174 Å². The Kier molecular flexibility index (Phi) is 4.99. The highest BCUT2D eigenvalue weighted by Crippen LogP contribution is 2.44. The van der Waals surface area contributed by atoms with Crippen LogP contribution in [0, 0.1) is 24.1 Å². The topological polar surface area (TPSA) is 97.0 Å². The number of H-pyrrole nitrogens is 1. The third-order valence-corrected chi connectivity index (χ3v) is 5.35. The lowest BCUT2D eigenvalue weighted by molar-refractivity contribution is 0.304. The average Bonchev–Trinajstić information content (AvgIpc) is 3.07. The summed E-state index contributed by atoms with van der Waals surface area (Å²) in [5, 5.41) is 16.6. The summed E-state index contributed by atoms with van der Waals surface area (Å²) in [4.78, 5) is 0. The fraction of sp³-hybridized carbons (Fsp3) is 0.143. The molecule has 0 saturated heterocycles. The summed E-state index contributed by atoms with van der Waals surface area (Å²) in [6, 6.07) is 13.9. The molecule has 8 heteroatoms. The lowest BCUT2D eigenvalue weighted by Crippen LogP contribution is -2.21. The maximum absolute atomic E-state index is 13.0. The van der Waals surface area contributed by atoms with Crippen LogP contribution in [0.1, 0.15) is 28.3 Å². The number of allylic oxidation sites excluding steroid dienone is 1. The molecular formula is C21H16BrFN4O2. The molecule has 1 atom stereocenters. The van der Waals surface area contributed by atoms with Crippen molar-refractivity contribution in [1.29, 1.82) is 5.26 Å². The minimum atomic E-state index is -0.398. The Morgan fingerprint density at radius 2 is 2.07 bits per heavy atom. The number of hydrogen-bond donors (Lipinski definition) is 2. The molecule has 0 radical (unpaired) electrons. The molecule has 4 rings (SSSR count). The van der Waals surface area contributed by atoms with Crippen LogP contribution in [0.3, 0.4) is 0 Å². The van der Waals surface area contributed by atoms with Crippen molar-refractivity contribution >= 4 is 15.9 Å². The molecule has 6 nitrogen and oxygen atoms in total. The van der Waals surface area contributed by atoms with Crippen LogP contribution >= 0.6 is 15.9 Å². The van der Waals surface area contributed by atoms with Crippen molar-refractivity contribution < 1.29 is 13.9 Å². The Morgan fingerprint density at radius 1 is 1.31 bits per heavy atom. The van der Waals surface area contributed by atoms with Crippen molar-refractivity contribution in [2.75, 3.05) is 0 Å². The summed E-state index contributed by atoms with van der Waals surface area (Å²) in [6.45, 7) is 2.17. The van der Waals surface area contributed by atoms with Crippen LogP contribution < -0.4 is 15.2 Å². The molecule has 29 heavy (non-hydrogen) atoms. The van der Waals surface area contributed by atoms with Gasteiger partial charge in [-0.05, 0) is 58.2 Å². The molecule has 2 heterocycles. The van der Waals surface area contributed by atoms with Crippen LogP contribution in [0.5, 0.6) is 11.6 Å². The van der Waals surface area contributed by atoms with Gasteiger partial charge < -0.3 is 15.2 Å². The molecule has 0 amide bonds. The summed E-state index contributed by atoms with van der Waals surface area (Å²) in [5.41, 5.74) is 9.56. The second-order valence-electron chi connectivity index (χ2n) is 6.60. The van der Waals surface area contributed by atoms with Gasteiger partial charge in [0.15, 0.2) is 0 Å². The van der Waals surface area contributed by atoms with Gasteiger partial charge in [0.25, 0.3) is 0 Å². The van der Waals surface area contributed by atoms with E-state index in [9.17, 15) is 9.65 Å². The van der Waals surface area contributed by atoms with Gasteiger partial charge in [-0.3, -0.25) is 5.10 Å². The van der Waals surface area contributed by atoms with Gasteiger partial charge >= 0.3 is 0 Å². The number of nitrogens with two attached hydrogens (primary N) is 1. The minimum absolute atomic E-state index is 0.0456. The molecular weight excluding hydrogens is 439 g/mol. The predicted molar refractivity (Wildman–Crippen MR) is 107 cm³/mol. The van der Waals surface area contributed by atoms with Gasteiger partial charge in [0, 0.05) is 11.3 Å². The first-order valence-corrected chi connectivity index (χ1v) is 9.56. The predicted octanol–water partition coefficient (Wildman–Crippen LogP) is 4.42. The third-order valence-electron chi connectivity index (χ3n) is 4.73. The average molecular weight is 455 g/mol. The number of aromatic amines is 1. The SMILES string of the molecule is Cc1[nH]nc2c1[C@@H](c1ccc(OCc3ccc(F)cc3)c(Br)c1)C(C#N)=C(N)O2. The number of aromatic nitrogens is 2. The lowest BCUT2D eigenvalue weighted by atomic mass is 9.84. The molecule has 3 aromatic rings. The molecule has 146 valence electrons. The minimum Gasteiger partial charge on any atom is -0.488 e. The second kappa shape index (κ2) is 7.60. The highest BCUT2D eigenvalue weighted by molar-refractivity contribution is 9.10. The molecule has 1 aliphatic heterocycles. The maximum atomic E-state index is 13.0. The molecule has 0 unspecified atom stereocenters.